The highest BCUT2D eigenvalue weighted by molar-refractivity contribution is 6.33. The van der Waals surface area contributed by atoms with Crippen molar-refractivity contribution in [3.63, 3.8) is 0 Å². The Hall–Kier alpha value is -1.43. The van der Waals surface area contributed by atoms with Crippen LogP contribution in [-0.2, 0) is 6.54 Å². The molecule has 1 N–H and O–H groups in total. The summed E-state index contributed by atoms with van der Waals surface area (Å²) in [5, 5.41) is 13.6. The third-order valence-electron chi connectivity index (χ3n) is 3.03. The van der Waals surface area contributed by atoms with Crippen molar-refractivity contribution < 1.29 is 9.63 Å². The van der Waals surface area contributed by atoms with Crippen LogP contribution >= 0.6 is 11.6 Å². The van der Waals surface area contributed by atoms with Crippen LogP contribution in [0.4, 0.5) is 0 Å². The van der Waals surface area contributed by atoms with E-state index >= 15 is 0 Å². The van der Waals surface area contributed by atoms with Crippen LogP contribution in [0, 0.1) is 0 Å². The van der Waals surface area contributed by atoms with E-state index in [-0.39, 0.29) is 6.61 Å². The van der Waals surface area contributed by atoms with Crippen molar-refractivity contribution in [3.05, 3.63) is 35.1 Å². The fourth-order valence-corrected chi connectivity index (χ4v) is 2.11. The Morgan fingerprint density at radius 2 is 2.10 bits per heavy atom. The van der Waals surface area contributed by atoms with Crippen molar-refractivity contribution in [2.24, 2.45) is 0 Å². The quantitative estimate of drug-likeness (QED) is 0.887. The van der Waals surface area contributed by atoms with E-state index in [9.17, 15) is 0 Å². The predicted octanol–water partition coefficient (Wildman–Crippen LogP) is 2.59. The van der Waals surface area contributed by atoms with Gasteiger partial charge in [0, 0.05) is 12.6 Å². The second kappa shape index (κ2) is 6.83. The van der Waals surface area contributed by atoms with E-state index < -0.39 is 0 Å². The Kier molecular flexibility index (Phi) is 5.11. The number of aliphatic hydroxyl groups is 1. The average Bonchev–Trinajstić information content (AvgIpc) is 2.87. The first kappa shape index (κ1) is 15.0. The summed E-state index contributed by atoms with van der Waals surface area (Å²) in [4.78, 5) is 6.43. The van der Waals surface area contributed by atoms with Crippen molar-refractivity contribution in [2.75, 3.05) is 13.2 Å². The fraction of sp³-hybridized carbons (Fsp3) is 0.429. The van der Waals surface area contributed by atoms with Gasteiger partial charge in [0.15, 0.2) is 5.82 Å². The summed E-state index contributed by atoms with van der Waals surface area (Å²) in [7, 11) is 0. The number of aromatic nitrogens is 2. The third kappa shape index (κ3) is 3.56. The maximum atomic E-state index is 9.06. The number of hydrogen-bond donors (Lipinski definition) is 1. The largest absolute Gasteiger partial charge is 0.395 e. The van der Waals surface area contributed by atoms with E-state index in [1.54, 1.807) is 6.07 Å². The maximum Gasteiger partial charge on any atom is 0.259 e. The van der Waals surface area contributed by atoms with Crippen LogP contribution in [0.25, 0.3) is 11.5 Å². The van der Waals surface area contributed by atoms with Crippen LogP contribution in [0.2, 0.25) is 5.02 Å². The molecule has 108 valence electrons. The highest BCUT2D eigenvalue weighted by Gasteiger charge is 2.16. The Bertz CT molecular complexity index is 557. The van der Waals surface area contributed by atoms with Crippen molar-refractivity contribution in [2.45, 2.75) is 26.4 Å². The molecule has 0 atom stereocenters. The van der Waals surface area contributed by atoms with Gasteiger partial charge in [0.2, 0.25) is 0 Å². The lowest BCUT2D eigenvalue weighted by Crippen LogP contribution is -2.33. The average molecular weight is 296 g/mol. The molecule has 0 unspecified atom stereocenters. The molecule has 0 bridgehead atoms. The van der Waals surface area contributed by atoms with Gasteiger partial charge in [-0.3, -0.25) is 4.90 Å². The van der Waals surface area contributed by atoms with Crippen LogP contribution in [0.5, 0.6) is 0 Å². The molecule has 2 rings (SSSR count). The molecule has 0 amide bonds. The van der Waals surface area contributed by atoms with E-state index in [1.165, 1.54) is 0 Å². The van der Waals surface area contributed by atoms with E-state index in [0.717, 1.165) is 5.56 Å². The first-order valence-corrected chi connectivity index (χ1v) is 6.92. The predicted molar refractivity (Wildman–Crippen MR) is 77.4 cm³/mol. The zero-order valence-corrected chi connectivity index (χ0v) is 12.3. The fourth-order valence-electron chi connectivity index (χ4n) is 1.89. The molecule has 0 spiro atoms. The van der Waals surface area contributed by atoms with Gasteiger partial charge in [-0.25, -0.2) is 0 Å². The molecule has 0 aliphatic heterocycles. The molecule has 1 heterocycles. The van der Waals surface area contributed by atoms with Gasteiger partial charge < -0.3 is 9.63 Å². The Labute approximate surface area is 123 Å². The van der Waals surface area contributed by atoms with Gasteiger partial charge >= 0.3 is 0 Å². The van der Waals surface area contributed by atoms with Crippen LogP contribution in [0.1, 0.15) is 19.7 Å². The number of benzene rings is 1. The summed E-state index contributed by atoms with van der Waals surface area (Å²) in [5.41, 5.74) is 0.728. The Morgan fingerprint density at radius 1 is 1.35 bits per heavy atom. The van der Waals surface area contributed by atoms with Gasteiger partial charge in [-0.05, 0) is 26.0 Å². The van der Waals surface area contributed by atoms with Crippen molar-refractivity contribution in [3.8, 4) is 11.5 Å². The zero-order valence-electron chi connectivity index (χ0n) is 11.6. The van der Waals surface area contributed by atoms with Crippen molar-refractivity contribution in [1.29, 1.82) is 0 Å². The monoisotopic (exact) mass is 295 g/mol. The topological polar surface area (TPSA) is 62.4 Å². The van der Waals surface area contributed by atoms with Gasteiger partial charge in [0.25, 0.3) is 5.89 Å². The summed E-state index contributed by atoms with van der Waals surface area (Å²) < 4.78 is 5.26. The zero-order chi connectivity index (χ0) is 14.5. The Morgan fingerprint density at radius 3 is 2.75 bits per heavy atom. The minimum atomic E-state index is 0.105. The highest BCUT2D eigenvalue weighted by Crippen LogP contribution is 2.26. The first-order chi connectivity index (χ1) is 9.61. The minimum Gasteiger partial charge on any atom is -0.395 e. The van der Waals surface area contributed by atoms with E-state index in [0.29, 0.717) is 35.9 Å². The standard InChI is InChI=1S/C14H18ClN3O2/c1-10(2)18(7-8-19)9-13-16-14(20-17-13)11-5-3-4-6-12(11)15/h3-6,10,19H,7-9H2,1-2H3. The molecule has 20 heavy (non-hydrogen) atoms. The molecule has 5 nitrogen and oxygen atoms in total. The molecule has 1 aromatic heterocycles. The van der Waals surface area contributed by atoms with E-state index in [1.807, 2.05) is 18.2 Å². The van der Waals surface area contributed by atoms with Crippen LogP contribution in [-0.4, -0.2) is 39.3 Å². The molecule has 6 heteroatoms. The summed E-state index contributed by atoms with van der Waals surface area (Å²) in [6, 6.07) is 7.65. The second-order valence-corrected chi connectivity index (χ2v) is 5.19. The Balaban J connectivity index is 2.15. The molecule has 0 saturated heterocycles. The summed E-state index contributed by atoms with van der Waals surface area (Å²) >= 11 is 6.10. The summed E-state index contributed by atoms with van der Waals surface area (Å²) in [6.45, 7) is 5.34. The molecule has 0 radical (unpaired) electrons. The molecular formula is C14H18ClN3O2. The van der Waals surface area contributed by atoms with Gasteiger partial charge in [-0.15, -0.1) is 0 Å². The van der Waals surface area contributed by atoms with Crippen molar-refractivity contribution in [1.82, 2.24) is 15.0 Å². The van der Waals surface area contributed by atoms with E-state index in [4.69, 9.17) is 21.2 Å². The molecular weight excluding hydrogens is 278 g/mol. The molecule has 0 aliphatic carbocycles. The summed E-state index contributed by atoms with van der Waals surface area (Å²) in [6.07, 6.45) is 0. The maximum absolute atomic E-state index is 9.06. The van der Waals surface area contributed by atoms with Crippen LogP contribution in [0.3, 0.4) is 0 Å². The van der Waals surface area contributed by atoms with Gasteiger partial charge in [-0.2, -0.15) is 4.98 Å². The first-order valence-electron chi connectivity index (χ1n) is 6.54. The molecule has 2 aromatic rings. The number of halogens is 1. The van der Waals surface area contributed by atoms with Gasteiger partial charge in [0.05, 0.1) is 23.7 Å². The lowest BCUT2D eigenvalue weighted by molar-refractivity contribution is 0.155. The molecule has 0 fully saturated rings. The van der Waals surface area contributed by atoms with Crippen LogP contribution in [0.15, 0.2) is 28.8 Å². The molecule has 0 saturated carbocycles. The lowest BCUT2D eigenvalue weighted by Gasteiger charge is -2.23. The SMILES string of the molecule is CC(C)N(CCO)Cc1noc(-c2ccccc2Cl)n1. The number of hydrogen-bond acceptors (Lipinski definition) is 5. The number of nitrogens with zero attached hydrogens (tertiary/aromatic N) is 3. The normalized spacial score (nSPS) is 11.5. The van der Waals surface area contributed by atoms with Gasteiger partial charge in [0.1, 0.15) is 0 Å². The van der Waals surface area contributed by atoms with Gasteiger partial charge in [-0.1, -0.05) is 28.9 Å². The summed E-state index contributed by atoms with van der Waals surface area (Å²) in [5.74, 6) is 1.00. The van der Waals surface area contributed by atoms with E-state index in [2.05, 4.69) is 28.9 Å². The van der Waals surface area contributed by atoms with Crippen LogP contribution < -0.4 is 0 Å². The molecule has 0 aliphatic rings. The lowest BCUT2D eigenvalue weighted by atomic mass is 10.2. The number of rotatable bonds is 6. The smallest absolute Gasteiger partial charge is 0.259 e. The minimum absolute atomic E-state index is 0.105. The number of aliphatic hydroxyl groups excluding tert-OH is 1. The van der Waals surface area contributed by atoms with Crippen molar-refractivity contribution >= 4 is 11.6 Å². The molecule has 1 aromatic carbocycles. The third-order valence-corrected chi connectivity index (χ3v) is 3.36. The second-order valence-electron chi connectivity index (χ2n) is 4.78. The highest BCUT2D eigenvalue weighted by atomic mass is 35.5.